The lowest BCUT2D eigenvalue weighted by atomic mass is 10.1. The molecule has 2 unspecified atom stereocenters. The summed E-state index contributed by atoms with van der Waals surface area (Å²) in [4.78, 5) is 1.65. The van der Waals surface area contributed by atoms with Gasteiger partial charge in [-0.1, -0.05) is 6.92 Å². The molecule has 1 heterocycles. The van der Waals surface area contributed by atoms with Gasteiger partial charge in [0.25, 0.3) is 6.43 Å². The van der Waals surface area contributed by atoms with Crippen molar-refractivity contribution in [3.05, 3.63) is 0 Å². The van der Waals surface area contributed by atoms with Gasteiger partial charge in [0.2, 0.25) is 0 Å². The monoisotopic (exact) mass is 213 g/mol. The molecule has 3 nitrogen and oxygen atoms in total. The van der Waals surface area contributed by atoms with Crippen LogP contribution < -0.4 is 0 Å². The van der Waals surface area contributed by atoms with E-state index in [2.05, 4.69) is 0 Å². The first-order chi connectivity index (χ1) is 6.13. The van der Waals surface area contributed by atoms with Crippen LogP contribution in [-0.4, -0.2) is 41.6 Å². The number of alkyl halides is 2. The van der Waals surface area contributed by atoms with Gasteiger partial charge < -0.3 is 4.55 Å². The number of hydrogen-bond donors (Lipinski definition) is 1. The molecular formula is C7H13F2NO2S. The van der Waals surface area contributed by atoms with Crippen molar-refractivity contribution in [2.45, 2.75) is 19.5 Å². The van der Waals surface area contributed by atoms with E-state index in [-0.39, 0.29) is 18.6 Å². The number of nitrogens with zero attached hydrogens (tertiary/aromatic N) is 1. The van der Waals surface area contributed by atoms with Gasteiger partial charge in [0.15, 0.2) is 12.3 Å². The number of hydrogen-bond acceptors (Lipinski definition) is 4. The minimum absolute atomic E-state index is 0.145. The van der Waals surface area contributed by atoms with Gasteiger partial charge >= 0.3 is 0 Å². The highest BCUT2D eigenvalue weighted by molar-refractivity contribution is 7.88. The summed E-state index contributed by atoms with van der Waals surface area (Å²) in [6.45, 7) is 2.79. The topological polar surface area (TPSA) is 32.7 Å². The first-order valence-corrected chi connectivity index (χ1v) is 4.80. The lowest BCUT2D eigenvalue weighted by Gasteiger charge is -2.13. The van der Waals surface area contributed by atoms with Gasteiger partial charge in [0.1, 0.15) is 0 Å². The average molecular weight is 213 g/mol. The molecule has 1 N–H and O–H groups in total. The number of likely N-dealkylation sites (tertiary alicyclic amines) is 1. The molecule has 0 amide bonds. The molecule has 6 heteroatoms. The highest BCUT2D eigenvalue weighted by Crippen LogP contribution is 2.22. The molecule has 78 valence electrons. The van der Waals surface area contributed by atoms with Crippen LogP contribution in [0.2, 0.25) is 0 Å². The zero-order valence-electron chi connectivity index (χ0n) is 7.32. The van der Waals surface area contributed by atoms with Crippen molar-refractivity contribution in [1.82, 2.24) is 4.90 Å². The summed E-state index contributed by atoms with van der Waals surface area (Å²) in [7, 11) is 0. The van der Waals surface area contributed by atoms with Gasteiger partial charge in [0, 0.05) is 13.1 Å². The molecule has 0 radical (unpaired) electrons. The molecule has 1 saturated heterocycles. The van der Waals surface area contributed by atoms with Crippen LogP contribution in [0.4, 0.5) is 8.78 Å². The molecule has 13 heavy (non-hydrogen) atoms. The normalized spacial score (nSPS) is 30.2. The molecule has 1 rings (SSSR count). The standard InChI is InChI=1S/C7H13F2NO2S/c1-5-2-10(4-7(8)9)3-6(5)12-13-11/h5-7,11H,2-4H2,1H3. The molecule has 1 aliphatic rings. The minimum Gasteiger partial charge on any atom is -0.307 e. The maximum atomic E-state index is 12.0. The van der Waals surface area contributed by atoms with Crippen molar-refractivity contribution in [1.29, 1.82) is 0 Å². The quantitative estimate of drug-likeness (QED) is 0.721. The summed E-state index contributed by atoms with van der Waals surface area (Å²) < 4.78 is 37.3. The fourth-order valence-electron chi connectivity index (χ4n) is 1.56. The first-order valence-electron chi connectivity index (χ1n) is 4.11. The summed E-state index contributed by atoms with van der Waals surface area (Å²) in [6, 6.07) is 0. The third-order valence-corrected chi connectivity index (χ3v) is 2.52. The van der Waals surface area contributed by atoms with E-state index in [1.165, 1.54) is 0 Å². The minimum atomic E-state index is -2.30. The second kappa shape index (κ2) is 5.09. The second-order valence-electron chi connectivity index (χ2n) is 3.30. The molecule has 0 aromatic rings. The number of rotatable bonds is 4. The second-order valence-corrected chi connectivity index (χ2v) is 3.64. The summed E-state index contributed by atoms with van der Waals surface area (Å²) in [5.41, 5.74) is 0. The zero-order valence-corrected chi connectivity index (χ0v) is 8.14. The molecule has 0 saturated carbocycles. The van der Waals surface area contributed by atoms with Crippen molar-refractivity contribution in [2.75, 3.05) is 19.6 Å². The van der Waals surface area contributed by atoms with Gasteiger partial charge in [-0.25, -0.2) is 8.78 Å². The highest BCUT2D eigenvalue weighted by Gasteiger charge is 2.31. The van der Waals surface area contributed by atoms with Crippen LogP contribution in [0, 0.1) is 5.92 Å². The Bertz CT molecular complexity index is 161. The Labute approximate surface area is 80.5 Å². The molecule has 1 aliphatic heterocycles. The Morgan fingerprint density at radius 3 is 2.85 bits per heavy atom. The van der Waals surface area contributed by atoms with E-state index in [0.29, 0.717) is 25.4 Å². The van der Waals surface area contributed by atoms with Crippen molar-refractivity contribution in [3.63, 3.8) is 0 Å². The predicted octanol–water partition coefficient (Wildman–Crippen LogP) is 1.71. The largest absolute Gasteiger partial charge is 0.307 e. The predicted molar refractivity (Wildman–Crippen MR) is 46.7 cm³/mol. The summed E-state index contributed by atoms with van der Waals surface area (Å²) in [5, 5.41) is 0. The third kappa shape index (κ3) is 3.38. The Hall–Kier alpha value is 0.0900. The van der Waals surface area contributed by atoms with Gasteiger partial charge in [0.05, 0.1) is 12.6 Å². The summed E-state index contributed by atoms with van der Waals surface area (Å²) >= 11 is 0.309. The Balaban J connectivity index is 2.31. The number of halogens is 2. The molecule has 1 fully saturated rings. The molecule has 0 aliphatic carbocycles. The lowest BCUT2D eigenvalue weighted by Crippen LogP contribution is -2.27. The van der Waals surface area contributed by atoms with E-state index >= 15 is 0 Å². The Morgan fingerprint density at radius 1 is 1.62 bits per heavy atom. The first kappa shape index (κ1) is 11.2. The fraction of sp³-hybridized carbons (Fsp3) is 1.00. The molecule has 0 bridgehead atoms. The van der Waals surface area contributed by atoms with Gasteiger partial charge in [-0.15, -0.1) is 0 Å². The van der Waals surface area contributed by atoms with E-state index in [0.717, 1.165) is 0 Å². The van der Waals surface area contributed by atoms with E-state index in [1.54, 1.807) is 4.90 Å². The average Bonchev–Trinajstić information content (AvgIpc) is 2.31. The van der Waals surface area contributed by atoms with E-state index < -0.39 is 6.43 Å². The smallest absolute Gasteiger partial charge is 0.251 e. The molecular weight excluding hydrogens is 200 g/mol. The zero-order chi connectivity index (χ0) is 9.84. The summed E-state index contributed by atoms with van der Waals surface area (Å²) in [5.74, 6) is 0.193. The van der Waals surface area contributed by atoms with Crippen molar-refractivity contribution < 1.29 is 17.5 Å². The molecule has 0 aromatic carbocycles. The molecule has 0 spiro atoms. The van der Waals surface area contributed by atoms with Crippen LogP contribution in [0.5, 0.6) is 0 Å². The van der Waals surface area contributed by atoms with Crippen molar-refractivity contribution in [3.8, 4) is 0 Å². The van der Waals surface area contributed by atoms with Gasteiger partial charge in [-0.3, -0.25) is 9.08 Å². The van der Waals surface area contributed by atoms with Crippen LogP contribution in [0.1, 0.15) is 6.92 Å². The van der Waals surface area contributed by atoms with Crippen LogP contribution in [0.3, 0.4) is 0 Å². The van der Waals surface area contributed by atoms with E-state index in [4.69, 9.17) is 8.74 Å². The maximum absolute atomic E-state index is 12.0. The molecule has 2 atom stereocenters. The highest BCUT2D eigenvalue weighted by atomic mass is 32.2. The van der Waals surface area contributed by atoms with Gasteiger partial charge in [-0.05, 0) is 5.92 Å². The summed E-state index contributed by atoms with van der Waals surface area (Å²) in [6.07, 6.45) is -2.44. The Kier molecular flexibility index (Phi) is 4.37. The van der Waals surface area contributed by atoms with Crippen LogP contribution in [-0.2, 0) is 4.18 Å². The molecule has 0 aromatic heterocycles. The van der Waals surface area contributed by atoms with Gasteiger partial charge in [-0.2, -0.15) is 0 Å². The van der Waals surface area contributed by atoms with Crippen LogP contribution in [0.25, 0.3) is 0 Å². The van der Waals surface area contributed by atoms with E-state index in [9.17, 15) is 8.78 Å². The SMILES string of the molecule is CC1CN(CC(F)F)CC1OSO. The van der Waals surface area contributed by atoms with E-state index in [1.807, 2.05) is 6.92 Å². The fourth-order valence-corrected chi connectivity index (χ4v) is 1.92. The lowest BCUT2D eigenvalue weighted by molar-refractivity contribution is 0.0942. The maximum Gasteiger partial charge on any atom is 0.251 e. The van der Waals surface area contributed by atoms with Crippen LogP contribution in [0.15, 0.2) is 0 Å². The third-order valence-electron chi connectivity index (χ3n) is 2.18. The van der Waals surface area contributed by atoms with Crippen molar-refractivity contribution in [2.24, 2.45) is 5.92 Å². The Morgan fingerprint density at radius 2 is 2.31 bits per heavy atom. The van der Waals surface area contributed by atoms with Crippen LogP contribution >= 0.6 is 12.3 Å². The van der Waals surface area contributed by atoms with Crippen molar-refractivity contribution >= 4 is 12.3 Å².